The Morgan fingerprint density at radius 3 is 1.97 bits per heavy atom. The van der Waals surface area contributed by atoms with Gasteiger partial charge in [0, 0.05) is 5.56 Å². The van der Waals surface area contributed by atoms with Crippen LogP contribution in [-0.4, -0.2) is 6.61 Å². The molecule has 1 atom stereocenters. The summed E-state index contributed by atoms with van der Waals surface area (Å²) in [6, 6.07) is 11.6. The molecule has 0 saturated heterocycles. The van der Waals surface area contributed by atoms with Gasteiger partial charge < -0.3 is 4.74 Å². The molecule has 3 aliphatic rings. The SMILES string of the molecule is CCOc1ccc(C2CCC(C3CC=C(c4ccc(C5CCC(C)CC5)cc4F)CC3)CC2)cc1F. The molecule has 0 heterocycles. The van der Waals surface area contributed by atoms with Crippen LogP contribution in [0.1, 0.15) is 113 Å². The van der Waals surface area contributed by atoms with Crippen molar-refractivity contribution in [3.8, 4) is 5.75 Å². The molecule has 2 aromatic rings. The lowest BCUT2D eigenvalue weighted by atomic mass is 9.70. The second-order valence-electron chi connectivity index (χ2n) is 11.7. The third-order valence-corrected chi connectivity index (χ3v) is 9.44. The first kappa shape index (κ1) is 25.5. The molecule has 0 N–H and O–H groups in total. The highest BCUT2D eigenvalue weighted by molar-refractivity contribution is 5.67. The topological polar surface area (TPSA) is 9.23 Å². The molecule has 0 amide bonds. The first-order valence-corrected chi connectivity index (χ1v) is 14.4. The van der Waals surface area contributed by atoms with E-state index in [4.69, 9.17) is 4.74 Å². The highest BCUT2D eigenvalue weighted by Crippen LogP contribution is 2.44. The fourth-order valence-corrected chi connectivity index (χ4v) is 7.13. The van der Waals surface area contributed by atoms with Crippen molar-refractivity contribution in [2.75, 3.05) is 6.61 Å². The zero-order chi connectivity index (χ0) is 25.1. The summed E-state index contributed by atoms with van der Waals surface area (Å²) in [6.07, 6.45) is 15.1. The zero-order valence-corrected chi connectivity index (χ0v) is 22.1. The Kier molecular flexibility index (Phi) is 8.13. The first-order chi connectivity index (χ1) is 17.5. The largest absolute Gasteiger partial charge is 0.491 e. The maximum absolute atomic E-state index is 15.1. The normalized spacial score (nSPS) is 29.0. The highest BCUT2D eigenvalue weighted by Gasteiger charge is 2.30. The van der Waals surface area contributed by atoms with Crippen molar-refractivity contribution in [3.63, 3.8) is 0 Å². The lowest BCUT2D eigenvalue weighted by molar-refractivity contribution is 0.220. The number of hydrogen-bond acceptors (Lipinski definition) is 1. The van der Waals surface area contributed by atoms with E-state index >= 15 is 4.39 Å². The van der Waals surface area contributed by atoms with Gasteiger partial charge in [-0.25, -0.2) is 8.78 Å². The van der Waals surface area contributed by atoms with Gasteiger partial charge in [0.1, 0.15) is 5.82 Å². The molecule has 1 nitrogen and oxygen atoms in total. The maximum atomic E-state index is 15.1. The summed E-state index contributed by atoms with van der Waals surface area (Å²) in [7, 11) is 0. The fraction of sp³-hybridized carbons (Fsp3) is 0.576. The van der Waals surface area contributed by atoms with E-state index in [9.17, 15) is 4.39 Å². The minimum Gasteiger partial charge on any atom is -0.491 e. The molecule has 0 spiro atoms. The van der Waals surface area contributed by atoms with Crippen LogP contribution in [0.2, 0.25) is 0 Å². The summed E-state index contributed by atoms with van der Waals surface area (Å²) in [6.45, 7) is 4.69. The van der Waals surface area contributed by atoms with E-state index in [-0.39, 0.29) is 11.6 Å². The van der Waals surface area contributed by atoms with Crippen LogP contribution in [0.25, 0.3) is 5.57 Å². The van der Waals surface area contributed by atoms with E-state index in [2.05, 4.69) is 25.1 Å². The summed E-state index contributed by atoms with van der Waals surface area (Å²) in [5.41, 5.74) is 4.33. The number of hydrogen-bond donors (Lipinski definition) is 0. The van der Waals surface area contributed by atoms with Crippen molar-refractivity contribution < 1.29 is 13.5 Å². The molecule has 36 heavy (non-hydrogen) atoms. The Morgan fingerprint density at radius 1 is 0.750 bits per heavy atom. The summed E-state index contributed by atoms with van der Waals surface area (Å²) in [5, 5.41) is 0. The van der Waals surface area contributed by atoms with Crippen molar-refractivity contribution in [1.82, 2.24) is 0 Å². The van der Waals surface area contributed by atoms with Gasteiger partial charge in [-0.3, -0.25) is 0 Å². The van der Waals surface area contributed by atoms with Crippen molar-refractivity contribution in [2.24, 2.45) is 17.8 Å². The van der Waals surface area contributed by atoms with Crippen LogP contribution in [0, 0.1) is 29.4 Å². The molecule has 5 rings (SSSR count). The van der Waals surface area contributed by atoms with Gasteiger partial charge in [-0.2, -0.15) is 0 Å². The quantitative estimate of drug-likeness (QED) is 0.390. The predicted octanol–water partition coefficient (Wildman–Crippen LogP) is 9.81. The molecule has 0 bridgehead atoms. The highest BCUT2D eigenvalue weighted by atomic mass is 19.1. The zero-order valence-electron chi connectivity index (χ0n) is 22.1. The summed E-state index contributed by atoms with van der Waals surface area (Å²) in [4.78, 5) is 0. The molecule has 2 saturated carbocycles. The lowest BCUT2D eigenvalue weighted by Crippen LogP contribution is -2.22. The van der Waals surface area contributed by atoms with E-state index in [1.54, 1.807) is 12.1 Å². The summed E-state index contributed by atoms with van der Waals surface area (Å²) < 4.78 is 34.8. The Labute approximate surface area is 216 Å². The number of ether oxygens (including phenoxy) is 1. The Bertz CT molecular complexity index is 1060. The van der Waals surface area contributed by atoms with Crippen LogP contribution in [0.4, 0.5) is 8.78 Å². The molecule has 2 fully saturated rings. The standard InChI is InChI=1S/C33H42F2O/c1-3-36-33-19-17-29(21-32(33)35)26-10-8-23(9-11-26)24-12-14-27(15-13-24)30-18-16-28(20-31(30)34)25-6-4-22(2)5-7-25/h14,16-26H,3-13,15H2,1-2H3. The third kappa shape index (κ3) is 5.71. The Hall–Kier alpha value is -2.16. The first-order valence-electron chi connectivity index (χ1n) is 14.4. The molecule has 0 aromatic heterocycles. The van der Waals surface area contributed by atoms with E-state index < -0.39 is 0 Å². The smallest absolute Gasteiger partial charge is 0.165 e. The van der Waals surface area contributed by atoms with Crippen molar-refractivity contribution in [1.29, 1.82) is 0 Å². The van der Waals surface area contributed by atoms with Crippen LogP contribution in [0.3, 0.4) is 0 Å². The van der Waals surface area contributed by atoms with Crippen LogP contribution >= 0.6 is 0 Å². The van der Waals surface area contributed by atoms with Crippen LogP contribution in [0.5, 0.6) is 5.75 Å². The van der Waals surface area contributed by atoms with Gasteiger partial charge in [0.2, 0.25) is 0 Å². The number of halogens is 2. The van der Waals surface area contributed by atoms with Gasteiger partial charge in [0.15, 0.2) is 11.6 Å². The minimum absolute atomic E-state index is 0.0288. The number of allylic oxidation sites excluding steroid dienone is 2. The van der Waals surface area contributed by atoms with Crippen molar-refractivity contribution in [3.05, 3.63) is 70.8 Å². The van der Waals surface area contributed by atoms with Crippen LogP contribution in [-0.2, 0) is 0 Å². The van der Waals surface area contributed by atoms with Crippen molar-refractivity contribution >= 4 is 5.57 Å². The van der Waals surface area contributed by atoms with E-state index in [1.807, 2.05) is 19.1 Å². The van der Waals surface area contributed by atoms with E-state index in [1.165, 1.54) is 49.7 Å². The maximum Gasteiger partial charge on any atom is 0.165 e. The molecule has 3 heteroatoms. The van der Waals surface area contributed by atoms with Crippen LogP contribution < -0.4 is 4.74 Å². The summed E-state index contributed by atoms with van der Waals surface area (Å²) >= 11 is 0. The Morgan fingerprint density at radius 2 is 1.39 bits per heavy atom. The summed E-state index contributed by atoms with van der Waals surface area (Å²) in [5.74, 6) is 3.30. The minimum atomic E-state index is -0.241. The number of benzene rings is 2. The van der Waals surface area contributed by atoms with Gasteiger partial charge in [0.05, 0.1) is 6.61 Å². The molecule has 194 valence electrons. The monoisotopic (exact) mass is 492 g/mol. The fourth-order valence-electron chi connectivity index (χ4n) is 7.13. The molecular weight excluding hydrogens is 450 g/mol. The number of rotatable bonds is 6. The molecule has 0 aliphatic heterocycles. The van der Waals surface area contributed by atoms with Gasteiger partial charge >= 0.3 is 0 Å². The van der Waals surface area contributed by atoms with Gasteiger partial charge in [0.25, 0.3) is 0 Å². The predicted molar refractivity (Wildman–Crippen MR) is 144 cm³/mol. The lowest BCUT2D eigenvalue weighted by Gasteiger charge is -2.36. The third-order valence-electron chi connectivity index (χ3n) is 9.44. The molecule has 1 unspecified atom stereocenters. The van der Waals surface area contributed by atoms with Gasteiger partial charge in [-0.05, 0) is 129 Å². The van der Waals surface area contributed by atoms with Gasteiger partial charge in [-0.15, -0.1) is 0 Å². The second-order valence-corrected chi connectivity index (χ2v) is 11.7. The van der Waals surface area contributed by atoms with E-state index in [0.29, 0.717) is 30.1 Å². The average Bonchev–Trinajstić information content (AvgIpc) is 2.91. The van der Waals surface area contributed by atoms with Crippen LogP contribution in [0.15, 0.2) is 42.5 Å². The second kappa shape index (κ2) is 11.5. The molecule has 3 aliphatic carbocycles. The van der Waals surface area contributed by atoms with E-state index in [0.717, 1.165) is 55.1 Å². The van der Waals surface area contributed by atoms with Crippen molar-refractivity contribution in [2.45, 2.75) is 96.3 Å². The van der Waals surface area contributed by atoms with Gasteiger partial charge in [-0.1, -0.05) is 44.0 Å². The average molecular weight is 493 g/mol. The molecule has 2 aromatic carbocycles. The molecular formula is C33H42F2O. The Balaban J connectivity index is 1.15. The molecule has 0 radical (unpaired) electrons.